The van der Waals surface area contributed by atoms with Gasteiger partial charge in [0.1, 0.15) is 11.4 Å². The minimum absolute atomic E-state index is 0.550. The summed E-state index contributed by atoms with van der Waals surface area (Å²) in [6, 6.07) is 9.96. The van der Waals surface area contributed by atoms with Crippen molar-refractivity contribution in [1.29, 1.82) is 0 Å². The summed E-state index contributed by atoms with van der Waals surface area (Å²) < 4.78 is 0. The van der Waals surface area contributed by atoms with E-state index < -0.39 is 0 Å². The van der Waals surface area contributed by atoms with Crippen molar-refractivity contribution in [2.24, 2.45) is 5.73 Å². The Morgan fingerprint density at radius 3 is 2.80 bits per heavy atom. The van der Waals surface area contributed by atoms with Crippen LogP contribution in [0.5, 0.6) is 0 Å². The maximum absolute atomic E-state index is 5.66. The van der Waals surface area contributed by atoms with Crippen molar-refractivity contribution in [1.82, 2.24) is 9.97 Å². The number of rotatable bonds is 3. The topological polar surface area (TPSA) is 51.8 Å². The Hall–Kier alpha value is -1.39. The van der Waals surface area contributed by atoms with Gasteiger partial charge in [0.25, 0.3) is 0 Å². The van der Waals surface area contributed by atoms with Crippen molar-refractivity contribution in [2.45, 2.75) is 16.5 Å². The molecule has 15 heavy (non-hydrogen) atoms. The van der Waals surface area contributed by atoms with Crippen LogP contribution in [0.4, 0.5) is 0 Å². The average Bonchev–Trinajstić information content (AvgIpc) is 2.31. The van der Waals surface area contributed by atoms with Crippen LogP contribution in [0.15, 0.2) is 52.8 Å². The summed E-state index contributed by atoms with van der Waals surface area (Å²) in [7, 11) is 0. The van der Waals surface area contributed by atoms with Crippen LogP contribution < -0.4 is 5.73 Å². The average molecular weight is 217 g/mol. The quantitative estimate of drug-likeness (QED) is 0.800. The maximum atomic E-state index is 5.66. The Labute approximate surface area is 92.8 Å². The zero-order valence-electron chi connectivity index (χ0n) is 8.13. The summed E-state index contributed by atoms with van der Waals surface area (Å²) in [5, 5.41) is 0.936. The van der Waals surface area contributed by atoms with E-state index in [4.69, 9.17) is 5.73 Å². The minimum Gasteiger partial charge on any atom is -0.326 e. The van der Waals surface area contributed by atoms with Crippen molar-refractivity contribution >= 4 is 11.8 Å². The van der Waals surface area contributed by atoms with E-state index in [1.165, 1.54) is 0 Å². The molecule has 0 atom stereocenters. The van der Waals surface area contributed by atoms with Crippen LogP contribution in [0.25, 0.3) is 0 Å². The summed E-state index contributed by atoms with van der Waals surface area (Å²) in [5.74, 6) is 0. The molecule has 0 bridgehead atoms. The van der Waals surface area contributed by atoms with Crippen LogP contribution in [0.3, 0.4) is 0 Å². The second-order valence-electron chi connectivity index (χ2n) is 2.96. The molecule has 0 spiro atoms. The van der Waals surface area contributed by atoms with Crippen molar-refractivity contribution in [3.05, 3.63) is 48.4 Å². The SMILES string of the molecule is NCc1ccccc1Sc1ccncn1. The monoisotopic (exact) mass is 217 g/mol. The number of nitrogens with zero attached hydrogens (tertiary/aromatic N) is 2. The van der Waals surface area contributed by atoms with Crippen LogP contribution in [0.2, 0.25) is 0 Å². The van der Waals surface area contributed by atoms with Gasteiger partial charge in [-0.05, 0) is 17.7 Å². The Balaban J connectivity index is 2.24. The second kappa shape index (κ2) is 4.91. The van der Waals surface area contributed by atoms with Gasteiger partial charge in [-0.25, -0.2) is 9.97 Å². The third-order valence-corrected chi connectivity index (χ3v) is 3.03. The van der Waals surface area contributed by atoms with Gasteiger partial charge in [0.15, 0.2) is 0 Å². The van der Waals surface area contributed by atoms with Gasteiger partial charge in [-0.3, -0.25) is 0 Å². The molecule has 0 saturated carbocycles. The van der Waals surface area contributed by atoms with Gasteiger partial charge in [-0.2, -0.15) is 0 Å². The summed E-state index contributed by atoms with van der Waals surface area (Å²) in [5.41, 5.74) is 6.80. The fourth-order valence-corrected chi connectivity index (χ4v) is 2.11. The van der Waals surface area contributed by atoms with Gasteiger partial charge < -0.3 is 5.73 Å². The van der Waals surface area contributed by atoms with Gasteiger partial charge >= 0.3 is 0 Å². The first-order chi connectivity index (χ1) is 7.40. The molecule has 0 unspecified atom stereocenters. The van der Waals surface area contributed by atoms with Crippen molar-refractivity contribution < 1.29 is 0 Å². The molecule has 1 aromatic carbocycles. The smallest absolute Gasteiger partial charge is 0.116 e. The van der Waals surface area contributed by atoms with E-state index in [1.807, 2.05) is 24.3 Å². The second-order valence-corrected chi connectivity index (χ2v) is 4.02. The van der Waals surface area contributed by atoms with Crippen LogP contribution >= 0.6 is 11.8 Å². The third-order valence-electron chi connectivity index (χ3n) is 1.96. The van der Waals surface area contributed by atoms with E-state index in [1.54, 1.807) is 24.3 Å². The van der Waals surface area contributed by atoms with Gasteiger partial charge in [-0.1, -0.05) is 30.0 Å². The molecule has 2 rings (SSSR count). The molecule has 76 valence electrons. The zero-order chi connectivity index (χ0) is 10.5. The number of hydrogen-bond donors (Lipinski definition) is 1. The lowest BCUT2D eigenvalue weighted by atomic mass is 10.2. The lowest BCUT2D eigenvalue weighted by Crippen LogP contribution is -1.97. The molecule has 0 aliphatic heterocycles. The Morgan fingerprint density at radius 2 is 2.07 bits per heavy atom. The highest BCUT2D eigenvalue weighted by Gasteiger charge is 2.02. The first-order valence-corrected chi connectivity index (χ1v) is 5.43. The molecule has 0 amide bonds. The molecule has 3 nitrogen and oxygen atoms in total. The highest BCUT2D eigenvalue weighted by atomic mass is 32.2. The van der Waals surface area contributed by atoms with Crippen molar-refractivity contribution in [2.75, 3.05) is 0 Å². The number of aromatic nitrogens is 2. The Morgan fingerprint density at radius 1 is 1.20 bits per heavy atom. The molecular weight excluding hydrogens is 206 g/mol. The zero-order valence-corrected chi connectivity index (χ0v) is 8.95. The van der Waals surface area contributed by atoms with E-state index >= 15 is 0 Å². The molecule has 2 aromatic rings. The highest BCUT2D eigenvalue weighted by molar-refractivity contribution is 7.99. The summed E-state index contributed by atoms with van der Waals surface area (Å²) >= 11 is 1.61. The fraction of sp³-hybridized carbons (Fsp3) is 0.0909. The molecule has 1 aromatic heterocycles. The van der Waals surface area contributed by atoms with Crippen LogP contribution in [0, 0.1) is 0 Å². The number of nitrogens with two attached hydrogens (primary N) is 1. The molecule has 2 N–H and O–H groups in total. The molecule has 0 fully saturated rings. The minimum atomic E-state index is 0.550. The predicted octanol–water partition coefficient (Wildman–Crippen LogP) is 2.09. The normalized spacial score (nSPS) is 10.2. The van der Waals surface area contributed by atoms with Crippen LogP contribution in [-0.4, -0.2) is 9.97 Å². The molecular formula is C11H11N3S. The van der Waals surface area contributed by atoms with Gasteiger partial charge in [-0.15, -0.1) is 0 Å². The van der Waals surface area contributed by atoms with E-state index in [-0.39, 0.29) is 0 Å². The molecule has 0 radical (unpaired) electrons. The molecule has 0 aliphatic carbocycles. The van der Waals surface area contributed by atoms with Gasteiger partial charge in [0.2, 0.25) is 0 Å². The lowest BCUT2D eigenvalue weighted by Gasteiger charge is -2.05. The van der Waals surface area contributed by atoms with Crippen LogP contribution in [0.1, 0.15) is 5.56 Å². The first kappa shape index (κ1) is 10.1. The molecule has 1 heterocycles. The van der Waals surface area contributed by atoms with Crippen molar-refractivity contribution in [3.8, 4) is 0 Å². The molecule has 0 saturated heterocycles. The maximum Gasteiger partial charge on any atom is 0.116 e. The Bertz CT molecular complexity index is 431. The summed E-state index contributed by atoms with van der Waals surface area (Å²) in [6.07, 6.45) is 3.29. The predicted molar refractivity (Wildman–Crippen MR) is 60.5 cm³/mol. The summed E-state index contributed by atoms with van der Waals surface area (Å²) in [4.78, 5) is 9.19. The van der Waals surface area contributed by atoms with E-state index in [0.717, 1.165) is 15.5 Å². The Kier molecular flexibility index (Phi) is 3.32. The third kappa shape index (κ3) is 2.55. The highest BCUT2D eigenvalue weighted by Crippen LogP contribution is 2.28. The number of benzene rings is 1. The summed E-state index contributed by atoms with van der Waals surface area (Å²) in [6.45, 7) is 0.550. The van der Waals surface area contributed by atoms with Crippen molar-refractivity contribution in [3.63, 3.8) is 0 Å². The number of hydrogen-bond acceptors (Lipinski definition) is 4. The standard InChI is InChI=1S/C11H11N3S/c12-7-9-3-1-2-4-10(9)15-11-5-6-13-8-14-11/h1-6,8H,7,12H2. The molecule has 0 aliphatic rings. The largest absolute Gasteiger partial charge is 0.326 e. The lowest BCUT2D eigenvalue weighted by molar-refractivity contribution is 1.01. The van der Waals surface area contributed by atoms with Crippen LogP contribution in [-0.2, 0) is 6.54 Å². The van der Waals surface area contributed by atoms with Gasteiger partial charge in [0, 0.05) is 17.6 Å². The van der Waals surface area contributed by atoms with Gasteiger partial charge in [0.05, 0.1) is 0 Å². The van der Waals surface area contributed by atoms with E-state index in [9.17, 15) is 0 Å². The van der Waals surface area contributed by atoms with E-state index in [0.29, 0.717) is 6.54 Å². The first-order valence-electron chi connectivity index (χ1n) is 4.62. The van der Waals surface area contributed by atoms with E-state index in [2.05, 4.69) is 16.0 Å². The fourth-order valence-electron chi connectivity index (χ4n) is 1.22. The molecule has 4 heteroatoms.